The molecule has 31 heteroatoms. The lowest BCUT2D eigenvalue weighted by Crippen LogP contribution is -2.67. The van der Waals surface area contributed by atoms with E-state index in [4.69, 9.17) is 0 Å². The van der Waals surface area contributed by atoms with Crippen LogP contribution in [0.5, 0.6) is 0 Å². The van der Waals surface area contributed by atoms with Crippen molar-refractivity contribution in [2.24, 2.45) is 0 Å². The van der Waals surface area contributed by atoms with Crippen LogP contribution in [0.15, 0.2) is 48.5 Å². The molecule has 0 fully saturated rings. The minimum Gasteiger partial charge on any atom is -0.548 e. The van der Waals surface area contributed by atoms with Crippen LogP contribution in [0, 0.1) is 0 Å². The van der Waals surface area contributed by atoms with Gasteiger partial charge in [0.1, 0.15) is 6.04 Å². The summed E-state index contributed by atoms with van der Waals surface area (Å²) in [6.07, 6.45) is 2.27. The number of hydrogen-bond acceptors (Lipinski definition) is 17. The maximum atomic E-state index is 13.8. The van der Waals surface area contributed by atoms with Crippen LogP contribution in [0.4, 0.5) is 0 Å². The SMILES string of the molecule is [NH3+]CCCC[C@H](NC(=O)CCNC(=O)CCNC(=O)CCNC(=O)CCN1C(=O)c2ccc3c4c(ccc(c24)C1=O)C(=O)N(CCNC(=O)[C@@H]([NH3+])CCCC[NH3+])C3=O)C(=O)NCCN1C(=O)c2ccc3c4c(ccc(c24)C1=O)C(=O)N(CCC(=O)NCC(=O)[O-])C3=O. The molecule has 0 spiro atoms. The Kier molecular flexibility index (Phi) is 22.3. The normalized spacial score (nSPS) is 14.6. The van der Waals surface area contributed by atoms with Gasteiger partial charge in [-0.3, -0.25) is 91.5 Å². The molecule has 0 bridgehead atoms. The summed E-state index contributed by atoms with van der Waals surface area (Å²) < 4.78 is 0. The second-order valence-electron chi connectivity index (χ2n) is 22.2. The van der Waals surface area contributed by atoms with Gasteiger partial charge in [0.05, 0.1) is 25.6 Å². The zero-order valence-corrected chi connectivity index (χ0v) is 50.4. The van der Waals surface area contributed by atoms with Crippen LogP contribution < -0.4 is 59.5 Å². The monoisotopic (exact) mass is 1270 g/mol. The number of amides is 15. The summed E-state index contributed by atoms with van der Waals surface area (Å²) >= 11 is 0. The highest BCUT2D eigenvalue weighted by Gasteiger charge is 2.42. The quantitative estimate of drug-likeness (QED) is 0.0154. The number of carbonyl (C=O) groups excluding carboxylic acids is 16. The number of quaternary nitrogens is 3. The summed E-state index contributed by atoms with van der Waals surface area (Å²) in [6, 6.07) is 9.39. The zero-order chi connectivity index (χ0) is 66.5. The number of benzene rings is 4. The molecule has 4 aromatic rings. The Labute approximate surface area is 524 Å². The van der Waals surface area contributed by atoms with Gasteiger partial charge in [0.2, 0.25) is 35.4 Å². The second kappa shape index (κ2) is 30.4. The van der Waals surface area contributed by atoms with Gasteiger partial charge in [-0.15, -0.1) is 0 Å². The van der Waals surface area contributed by atoms with E-state index in [1.54, 1.807) is 0 Å². The van der Waals surface area contributed by atoms with E-state index in [0.717, 1.165) is 39.0 Å². The number of aliphatic carboxylic acids is 1. The lowest BCUT2D eigenvalue weighted by atomic mass is 9.86. The van der Waals surface area contributed by atoms with Crippen molar-refractivity contribution < 1.29 is 99.0 Å². The zero-order valence-electron chi connectivity index (χ0n) is 50.4. The van der Waals surface area contributed by atoms with E-state index < -0.39 is 114 Å². The summed E-state index contributed by atoms with van der Waals surface area (Å²) in [5.74, 6) is -11.2. The lowest BCUT2D eigenvalue weighted by Gasteiger charge is -2.32. The lowest BCUT2D eigenvalue weighted by molar-refractivity contribution is -0.406. The van der Waals surface area contributed by atoms with E-state index in [9.17, 15) is 81.8 Å². The standard InChI is InChI=1S/C61H70N14O17/c62-20-3-1-5-40(64)52(83)68-25-29-74-58(89)36-11-7-32-48-33(8-12-37(50(36)48)59(74)90)55(86)72(54(32)85)27-18-44(78)67-23-16-42(76)65-22-15-43(77)66-24-17-46(80)71-41(6-2-4-21-63)53(84)69-26-30-75-60(91)38-13-9-34-49-35(10-14-39(51(38)49)61(75)92)57(88)73(56(34)87)28-19-45(79)70-31-47(81)82/h7-14,40-41H,1-6,15-31,62-64H2,(H,65,76)(H,66,77)(H,67,78)(H,68,83)(H,69,84)(H,70,79)(H,71,80)(H,81,82)/p+2/t40-,41-/m0/s1. The molecule has 16 N–H and O–H groups in total. The molecule has 4 heterocycles. The molecule has 486 valence electrons. The van der Waals surface area contributed by atoms with Crippen molar-refractivity contribution in [3.63, 3.8) is 0 Å². The Morgan fingerprint density at radius 1 is 0.370 bits per heavy atom. The molecule has 0 unspecified atom stereocenters. The Hall–Kier alpha value is -10.4. The van der Waals surface area contributed by atoms with Crippen molar-refractivity contribution in [1.82, 2.24) is 56.8 Å². The molecule has 4 aliphatic heterocycles. The average molecular weight is 1270 g/mol. The summed E-state index contributed by atoms with van der Waals surface area (Å²) in [4.78, 5) is 213. The van der Waals surface area contributed by atoms with Gasteiger partial charge in [0, 0.05) is 163 Å². The molecule has 0 saturated carbocycles. The van der Waals surface area contributed by atoms with E-state index in [1.807, 2.05) is 0 Å². The predicted octanol–water partition coefficient (Wildman–Crippen LogP) is -5.61. The van der Waals surface area contributed by atoms with Crippen LogP contribution in [0.25, 0.3) is 21.5 Å². The first-order valence-corrected chi connectivity index (χ1v) is 30.3. The first-order valence-electron chi connectivity index (χ1n) is 30.3. The van der Waals surface area contributed by atoms with Crippen molar-refractivity contribution in [1.29, 1.82) is 0 Å². The van der Waals surface area contributed by atoms with Crippen molar-refractivity contribution in [2.75, 3.05) is 78.5 Å². The van der Waals surface area contributed by atoms with E-state index in [2.05, 4.69) is 54.4 Å². The fourth-order valence-electron chi connectivity index (χ4n) is 11.3. The van der Waals surface area contributed by atoms with E-state index in [-0.39, 0.29) is 163 Å². The minimum absolute atomic E-state index is 0.00512. The molecule has 0 saturated heterocycles. The van der Waals surface area contributed by atoms with Crippen molar-refractivity contribution in [3.05, 3.63) is 93.0 Å². The van der Waals surface area contributed by atoms with Crippen LogP contribution >= 0.6 is 0 Å². The minimum atomic E-state index is -1.53. The van der Waals surface area contributed by atoms with Crippen molar-refractivity contribution >= 4 is 116 Å². The first kappa shape index (κ1) is 67.5. The molecule has 0 aromatic heterocycles. The molecular formula is C61H72N14O17+2. The fraction of sp³-hybridized carbons (Fsp3) is 0.410. The molecule has 92 heavy (non-hydrogen) atoms. The van der Waals surface area contributed by atoms with E-state index in [0.29, 0.717) is 25.8 Å². The molecule has 8 rings (SSSR count). The van der Waals surface area contributed by atoms with Gasteiger partial charge in [0.15, 0.2) is 6.04 Å². The van der Waals surface area contributed by atoms with Crippen LogP contribution in [-0.2, 0) is 38.4 Å². The first-order chi connectivity index (χ1) is 44.1. The van der Waals surface area contributed by atoms with Gasteiger partial charge < -0.3 is 64.3 Å². The second-order valence-corrected chi connectivity index (χ2v) is 22.2. The Bertz CT molecular complexity index is 3620. The Morgan fingerprint density at radius 3 is 1.02 bits per heavy atom. The number of rotatable bonds is 34. The summed E-state index contributed by atoms with van der Waals surface area (Å²) in [7, 11) is 0. The number of nitrogens with zero attached hydrogens (tertiary/aromatic N) is 4. The van der Waals surface area contributed by atoms with Gasteiger partial charge >= 0.3 is 0 Å². The largest absolute Gasteiger partial charge is 0.548 e. The number of imide groups is 4. The number of carboxylic acids is 1. The fourth-order valence-corrected chi connectivity index (χ4v) is 11.3. The third kappa shape index (κ3) is 15.1. The molecule has 4 aliphatic rings. The van der Waals surface area contributed by atoms with Gasteiger partial charge in [-0.1, -0.05) is 0 Å². The third-order valence-corrected chi connectivity index (χ3v) is 16.0. The Balaban J connectivity index is 0.722. The predicted molar refractivity (Wildman–Crippen MR) is 317 cm³/mol. The van der Waals surface area contributed by atoms with E-state index >= 15 is 0 Å². The molecule has 2 atom stereocenters. The van der Waals surface area contributed by atoms with Gasteiger partial charge in [-0.05, 0) is 80.6 Å². The smallest absolute Gasteiger partial charge is 0.278 e. The molecular weight excluding hydrogens is 1200 g/mol. The average Bonchev–Trinajstić information content (AvgIpc) is 0.724. The van der Waals surface area contributed by atoms with Crippen LogP contribution in [0.2, 0.25) is 0 Å². The maximum Gasteiger partial charge on any atom is 0.278 e. The number of unbranched alkanes of at least 4 members (excludes halogenated alkanes) is 2. The van der Waals surface area contributed by atoms with Crippen LogP contribution in [-0.4, -0.2) is 205 Å². The van der Waals surface area contributed by atoms with Crippen LogP contribution in [0.1, 0.15) is 153 Å². The molecule has 0 aliphatic carbocycles. The highest BCUT2D eigenvalue weighted by Crippen LogP contribution is 2.40. The third-order valence-electron chi connectivity index (χ3n) is 16.0. The number of nitrogens with one attached hydrogen (secondary N) is 7. The maximum absolute atomic E-state index is 13.8. The highest BCUT2D eigenvalue weighted by molar-refractivity contribution is 6.35. The van der Waals surface area contributed by atoms with Gasteiger partial charge in [-0.2, -0.15) is 0 Å². The highest BCUT2D eigenvalue weighted by atomic mass is 16.4. The summed E-state index contributed by atoms with van der Waals surface area (Å²) in [6.45, 7) is -1.15. The number of carboxylic acid groups (broad SMARTS) is 1. The summed E-state index contributed by atoms with van der Waals surface area (Å²) in [5, 5.41) is 29.0. The van der Waals surface area contributed by atoms with Gasteiger partial charge in [-0.25, -0.2) is 0 Å². The topological polar surface area (TPSA) is 476 Å². The van der Waals surface area contributed by atoms with Crippen molar-refractivity contribution in [3.8, 4) is 0 Å². The Morgan fingerprint density at radius 2 is 0.674 bits per heavy atom. The molecule has 15 amide bonds. The summed E-state index contributed by atoms with van der Waals surface area (Å²) in [5.41, 5.74) is 11.9. The van der Waals surface area contributed by atoms with E-state index in [1.165, 1.54) is 48.5 Å². The number of carbonyl (C=O) groups is 16. The van der Waals surface area contributed by atoms with Crippen LogP contribution in [0.3, 0.4) is 0 Å². The van der Waals surface area contributed by atoms with Crippen molar-refractivity contribution in [2.45, 2.75) is 82.7 Å². The number of hydrogen-bond donors (Lipinski definition) is 10. The molecule has 0 radical (unpaired) electrons. The molecule has 31 nitrogen and oxygen atoms in total. The molecule has 4 aromatic carbocycles. The van der Waals surface area contributed by atoms with Gasteiger partial charge in [0.25, 0.3) is 53.2 Å².